The third-order valence-corrected chi connectivity index (χ3v) is 4.77. The van der Waals surface area contributed by atoms with Gasteiger partial charge < -0.3 is 19.5 Å². The average molecular weight is 493 g/mol. The van der Waals surface area contributed by atoms with Crippen molar-refractivity contribution in [2.75, 3.05) is 25.1 Å². The Morgan fingerprint density at radius 1 is 0.722 bits per heavy atom. The number of hydrazine groups is 1. The van der Waals surface area contributed by atoms with Crippen LogP contribution in [0.15, 0.2) is 60.9 Å². The minimum atomic E-state index is -0.575. The second-order valence-corrected chi connectivity index (χ2v) is 7.29. The van der Waals surface area contributed by atoms with E-state index in [9.17, 15) is 14.4 Å². The number of carbonyl (C=O) groups excluding carboxylic acids is 3. The molecule has 10 heteroatoms. The van der Waals surface area contributed by atoms with Gasteiger partial charge in [0.25, 0.3) is 17.7 Å². The summed E-state index contributed by atoms with van der Waals surface area (Å²) in [4.78, 5) is 41.7. The van der Waals surface area contributed by atoms with Crippen molar-refractivity contribution < 1.29 is 28.6 Å². The highest BCUT2D eigenvalue weighted by Gasteiger charge is 2.19. The Kier molecular flexibility index (Phi) is 9.21. The molecule has 0 unspecified atom stereocenters. The molecule has 3 amide bonds. The van der Waals surface area contributed by atoms with Crippen LogP contribution in [0.3, 0.4) is 0 Å². The molecule has 0 spiro atoms. The summed E-state index contributed by atoms with van der Waals surface area (Å²) in [6.45, 7) is 6.58. The van der Waals surface area contributed by atoms with Gasteiger partial charge in [0.05, 0.1) is 25.4 Å². The molecule has 36 heavy (non-hydrogen) atoms. The van der Waals surface area contributed by atoms with Gasteiger partial charge in [-0.1, -0.05) is 6.07 Å². The number of rotatable bonds is 10. The molecule has 3 aromatic rings. The lowest BCUT2D eigenvalue weighted by Crippen LogP contribution is -2.41. The maximum atomic E-state index is 12.8. The molecule has 0 aliphatic heterocycles. The quantitative estimate of drug-likeness (QED) is 0.369. The van der Waals surface area contributed by atoms with Crippen LogP contribution < -0.4 is 30.4 Å². The van der Waals surface area contributed by atoms with Crippen LogP contribution in [0.25, 0.3) is 0 Å². The third-order valence-electron chi connectivity index (χ3n) is 4.77. The van der Waals surface area contributed by atoms with Crippen molar-refractivity contribution in [1.82, 2.24) is 15.8 Å². The van der Waals surface area contributed by atoms with Crippen molar-refractivity contribution in [1.29, 1.82) is 0 Å². The van der Waals surface area contributed by atoms with Crippen LogP contribution in [-0.4, -0.2) is 42.5 Å². The summed E-state index contributed by atoms with van der Waals surface area (Å²) in [5.74, 6) is -0.375. The molecular formula is C26H28N4O6. The van der Waals surface area contributed by atoms with Gasteiger partial charge in [-0.25, -0.2) is 0 Å². The number of amides is 3. The second kappa shape index (κ2) is 12.7. The summed E-state index contributed by atoms with van der Waals surface area (Å²) in [5.41, 5.74) is 6.01. The highest BCUT2D eigenvalue weighted by Crippen LogP contribution is 2.39. The van der Waals surface area contributed by atoms with Crippen molar-refractivity contribution in [2.45, 2.75) is 20.8 Å². The predicted molar refractivity (Wildman–Crippen MR) is 134 cm³/mol. The van der Waals surface area contributed by atoms with E-state index in [0.717, 1.165) is 0 Å². The molecule has 0 aliphatic carbocycles. The molecule has 0 atom stereocenters. The molecule has 0 aliphatic rings. The van der Waals surface area contributed by atoms with Gasteiger partial charge in [-0.15, -0.1) is 0 Å². The van der Waals surface area contributed by atoms with Crippen molar-refractivity contribution in [2.24, 2.45) is 0 Å². The second-order valence-electron chi connectivity index (χ2n) is 7.29. The molecule has 1 heterocycles. The first-order valence-corrected chi connectivity index (χ1v) is 11.4. The summed E-state index contributed by atoms with van der Waals surface area (Å²) in [6.07, 6.45) is 3.01. The van der Waals surface area contributed by atoms with Crippen molar-refractivity contribution in [3.8, 4) is 17.2 Å². The molecular weight excluding hydrogens is 464 g/mol. The smallest absolute Gasteiger partial charge is 0.269 e. The van der Waals surface area contributed by atoms with E-state index < -0.39 is 11.8 Å². The number of ether oxygens (including phenoxy) is 3. The minimum Gasteiger partial charge on any atom is -0.490 e. The lowest BCUT2D eigenvalue weighted by Gasteiger charge is -2.17. The zero-order chi connectivity index (χ0) is 25.9. The first kappa shape index (κ1) is 26.0. The topological polar surface area (TPSA) is 128 Å². The zero-order valence-corrected chi connectivity index (χ0v) is 20.3. The fourth-order valence-corrected chi connectivity index (χ4v) is 3.22. The van der Waals surface area contributed by atoms with E-state index in [1.165, 1.54) is 24.4 Å². The Morgan fingerprint density at radius 2 is 1.33 bits per heavy atom. The van der Waals surface area contributed by atoms with Gasteiger partial charge in [-0.05, 0) is 63.2 Å². The van der Waals surface area contributed by atoms with Crippen molar-refractivity contribution in [3.63, 3.8) is 0 Å². The van der Waals surface area contributed by atoms with Crippen LogP contribution in [0.5, 0.6) is 17.2 Å². The molecule has 2 aromatic carbocycles. The maximum Gasteiger partial charge on any atom is 0.269 e. The number of pyridine rings is 1. The van der Waals surface area contributed by atoms with Crippen LogP contribution in [0, 0.1) is 0 Å². The fraction of sp³-hybridized carbons (Fsp3) is 0.231. The van der Waals surface area contributed by atoms with E-state index in [-0.39, 0.29) is 17.0 Å². The average Bonchev–Trinajstić information content (AvgIpc) is 2.89. The van der Waals surface area contributed by atoms with Crippen molar-refractivity contribution >= 4 is 23.4 Å². The number of nitrogens with zero attached hydrogens (tertiary/aromatic N) is 1. The molecule has 0 saturated heterocycles. The SMILES string of the molecule is CCOc1cc(C(=O)NNC(=O)c2cccc(NC(=O)c3cccnc3)c2)cc(OCC)c1OCC. The van der Waals surface area contributed by atoms with Crippen LogP contribution in [0.4, 0.5) is 5.69 Å². The first-order chi connectivity index (χ1) is 17.5. The largest absolute Gasteiger partial charge is 0.490 e. The maximum absolute atomic E-state index is 12.8. The van der Waals surface area contributed by atoms with Gasteiger partial charge in [0, 0.05) is 29.2 Å². The van der Waals surface area contributed by atoms with E-state index in [1.807, 2.05) is 20.8 Å². The highest BCUT2D eigenvalue weighted by atomic mass is 16.5. The van der Waals surface area contributed by atoms with Crippen LogP contribution in [-0.2, 0) is 0 Å². The summed E-state index contributed by atoms with van der Waals surface area (Å²) >= 11 is 0. The Balaban J connectivity index is 1.70. The van der Waals surface area contributed by atoms with E-state index >= 15 is 0 Å². The Hall–Kier alpha value is -4.60. The van der Waals surface area contributed by atoms with E-state index in [2.05, 4.69) is 21.2 Å². The summed E-state index contributed by atoms with van der Waals surface area (Å²) in [5, 5.41) is 2.71. The molecule has 1 aromatic heterocycles. The molecule has 0 saturated carbocycles. The standard InChI is InChI=1S/C26H28N4O6/c1-4-34-21-14-19(15-22(35-5-2)23(21)36-6-3)26(33)30-29-25(32)17-9-7-11-20(13-17)28-24(31)18-10-8-12-27-16-18/h7-16H,4-6H2,1-3H3,(H,28,31)(H,29,32)(H,30,33). The number of carbonyl (C=O) groups is 3. The van der Waals surface area contributed by atoms with Crippen LogP contribution in [0.1, 0.15) is 51.8 Å². The summed E-state index contributed by atoms with van der Waals surface area (Å²) in [7, 11) is 0. The number of nitrogens with one attached hydrogen (secondary N) is 3. The highest BCUT2D eigenvalue weighted by molar-refractivity contribution is 6.05. The van der Waals surface area contributed by atoms with Crippen LogP contribution >= 0.6 is 0 Å². The molecule has 3 N–H and O–H groups in total. The molecule has 0 bridgehead atoms. The monoisotopic (exact) mass is 492 g/mol. The van der Waals surface area contributed by atoms with Gasteiger partial charge in [-0.2, -0.15) is 0 Å². The fourth-order valence-electron chi connectivity index (χ4n) is 3.22. The number of benzene rings is 2. The van der Waals surface area contributed by atoms with E-state index in [0.29, 0.717) is 48.3 Å². The number of hydrogen-bond acceptors (Lipinski definition) is 7. The number of hydrogen-bond donors (Lipinski definition) is 3. The van der Waals surface area contributed by atoms with Crippen molar-refractivity contribution in [3.05, 3.63) is 77.6 Å². The van der Waals surface area contributed by atoms with Gasteiger partial charge in [0.2, 0.25) is 5.75 Å². The van der Waals surface area contributed by atoms with Gasteiger partial charge in [-0.3, -0.25) is 30.2 Å². The number of aromatic nitrogens is 1. The summed E-state index contributed by atoms with van der Waals surface area (Å²) in [6, 6.07) is 12.6. The Bertz CT molecular complexity index is 1190. The molecule has 0 radical (unpaired) electrons. The zero-order valence-electron chi connectivity index (χ0n) is 20.3. The van der Waals surface area contributed by atoms with E-state index in [1.54, 1.807) is 36.5 Å². The van der Waals surface area contributed by atoms with E-state index in [4.69, 9.17) is 14.2 Å². The Morgan fingerprint density at radius 3 is 1.92 bits per heavy atom. The van der Waals surface area contributed by atoms with Gasteiger partial charge in [0.15, 0.2) is 11.5 Å². The third kappa shape index (κ3) is 6.72. The first-order valence-electron chi connectivity index (χ1n) is 11.4. The normalized spacial score (nSPS) is 10.2. The lowest BCUT2D eigenvalue weighted by molar-refractivity contribution is 0.0846. The van der Waals surface area contributed by atoms with Crippen LogP contribution in [0.2, 0.25) is 0 Å². The lowest BCUT2D eigenvalue weighted by atomic mass is 10.1. The summed E-state index contributed by atoms with van der Waals surface area (Å²) < 4.78 is 16.9. The van der Waals surface area contributed by atoms with Gasteiger partial charge >= 0.3 is 0 Å². The molecule has 0 fully saturated rings. The molecule has 3 rings (SSSR count). The minimum absolute atomic E-state index is 0.211. The Labute approximate surface area is 208 Å². The predicted octanol–water partition coefficient (Wildman–Crippen LogP) is 3.60. The number of anilines is 1. The molecule has 188 valence electrons. The van der Waals surface area contributed by atoms with Gasteiger partial charge in [0.1, 0.15) is 0 Å². The molecule has 10 nitrogen and oxygen atoms in total.